The summed E-state index contributed by atoms with van der Waals surface area (Å²) in [6.07, 6.45) is 2.81. The van der Waals surface area contributed by atoms with Gasteiger partial charge in [0.15, 0.2) is 0 Å². The number of hydrogen-bond donors (Lipinski definition) is 1. The highest BCUT2D eigenvalue weighted by molar-refractivity contribution is 6.36. The van der Waals surface area contributed by atoms with Gasteiger partial charge in [0.1, 0.15) is 11.4 Å². The van der Waals surface area contributed by atoms with E-state index in [1.807, 2.05) is 0 Å². The van der Waals surface area contributed by atoms with Gasteiger partial charge in [0.05, 0.1) is 15.7 Å². The minimum absolute atomic E-state index is 0.138. The number of hydrogen-bond acceptors (Lipinski definition) is 4. The van der Waals surface area contributed by atoms with Gasteiger partial charge in [-0.25, -0.2) is 4.79 Å². The topological polar surface area (TPSA) is 62.5 Å². The van der Waals surface area contributed by atoms with Crippen LogP contribution in [0.1, 0.15) is 0 Å². The molecule has 1 aromatic carbocycles. The largest absolute Gasteiger partial charge is 0.506 e. The second-order valence-electron chi connectivity index (χ2n) is 3.39. The van der Waals surface area contributed by atoms with Gasteiger partial charge < -0.3 is 5.11 Å². The van der Waals surface area contributed by atoms with Crippen molar-refractivity contribution in [1.82, 2.24) is 4.98 Å². The number of aromatic hydroxyl groups is 1. The lowest BCUT2D eigenvalue weighted by atomic mass is 10.1. The minimum Gasteiger partial charge on any atom is -0.506 e. The summed E-state index contributed by atoms with van der Waals surface area (Å²) in [7, 11) is 0. The Balaban J connectivity index is 2.52. The van der Waals surface area contributed by atoms with Crippen molar-refractivity contribution in [1.29, 1.82) is 0 Å². The van der Waals surface area contributed by atoms with Crippen LogP contribution in [0.2, 0.25) is 10.0 Å². The monoisotopic (exact) mass is 280 g/mol. The van der Waals surface area contributed by atoms with E-state index in [0.29, 0.717) is 21.3 Å². The molecule has 0 saturated carbocycles. The molecule has 2 aromatic rings. The lowest BCUT2D eigenvalue weighted by Crippen LogP contribution is -1.85. The third-order valence-electron chi connectivity index (χ3n) is 2.22. The Morgan fingerprint density at radius 1 is 1.28 bits per heavy atom. The Hall–Kier alpha value is -1.87. The third-order valence-corrected chi connectivity index (χ3v) is 2.72. The zero-order valence-corrected chi connectivity index (χ0v) is 10.4. The predicted molar refractivity (Wildman–Crippen MR) is 69.1 cm³/mol. The van der Waals surface area contributed by atoms with E-state index in [0.717, 1.165) is 0 Å². The van der Waals surface area contributed by atoms with Crippen LogP contribution in [-0.4, -0.2) is 16.2 Å². The normalized spacial score (nSPS) is 9.89. The molecule has 0 saturated heterocycles. The third kappa shape index (κ3) is 2.51. The number of isocyanates is 1. The van der Waals surface area contributed by atoms with Crippen molar-refractivity contribution in [3.63, 3.8) is 0 Å². The van der Waals surface area contributed by atoms with Gasteiger partial charge in [-0.05, 0) is 18.2 Å². The van der Waals surface area contributed by atoms with Gasteiger partial charge in [-0.2, -0.15) is 4.99 Å². The minimum atomic E-state index is -0.149. The van der Waals surface area contributed by atoms with E-state index in [4.69, 9.17) is 23.2 Å². The van der Waals surface area contributed by atoms with E-state index in [9.17, 15) is 9.90 Å². The van der Waals surface area contributed by atoms with E-state index >= 15 is 0 Å². The molecule has 1 aromatic heterocycles. The van der Waals surface area contributed by atoms with Crippen LogP contribution in [0.4, 0.5) is 5.69 Å². The summed E-state index contributed by atoms with van der Waals surface area (Å²) in [5.41, 5.74) is 1.22. The van der Waals surface area contributed by atoms with Gasteiger partial charge in [-0.15, -0.1) is 0 Å². The molecule has 6 heteroatoms. The van der Waals surface area contributed by atoms with Gasteiger partial charge in [-0.3, -0.25) is 4.98 Å². The fraction of sp³-hybridized carbons (Fsp3) is 0. The number of phenolic OH excluding ortho intramolecular Hbond substituents is 1. The standard InChI is InChI=1S/C12H6Cl2N2O2/c13-8-4-9(14)12(15-5-8)7-1-2-10(16-6-17)11(18)3-7/h1-5,18H. The van der Waals surface area contributed by atoms with E-state index in [1.165, 1.54) is 24.4 Å². The maximum atomic E-state index is 10.1. The number of rotatable bonds is 2. The Bertz CT molecular complexity index is 653. The van der Waals surface area contributed by atoms with Crippen LogP contribution in [0.25, 0.3) is 11.3 Å². The van der Waals surface area contributed by atoms with Crippen LogP contribution < -0.4 is 0 Å². The predicted octanol–water partition coefficient (Wildman–Crippen LogP) is 3.73. The van der Waals surface area contributed by atoms with Gasteiger partial charge in [0.25, 0.3) is 0 Å². The smallest absolute Gasteiger partial charge is 0.240 e. The molecule has 18 heavy (non-hydrogen) atoms. The molecule has 0 aliphatic carbocycles. The molecule has 0 fully saturated rings. The molecule has 2 rings (SSSR count). The first-order chi connectivity index (χ1) is 8.61. The van der Waals surface area contributed by atoms with Crippen LogP contribution >= 0.6 is 23.2 Å². The van der Waals surface area contributed by atoms with Crippen molar-refractivity contribution in [3.05, 3.63) is 40.5 Å². The van der Waals surface area contributed by atoms with Crippen molar-refractivity contribution in [2.24, 2.45) is 4.99 Å². The molecule has 0 aliphatic rings. The van der Waals surface area contributed by atoms with Gasteiger partial charge >= 0.3 is 0 Å². The highest BCUT2D eigenvalue weighted by Crippen LogP contribution is 2.34. The molecule has 4 nitrogen and oxygen atoms in total. The fourth-order valence-corrected chi connectivity index (χ4v) is 1.93. The molecule has 0 amide bonds. The van der Waals surface area contributed by atoms with Crippen LogP contribution in [-0.2, 0) is 4.79 Å². The number of phenols is 1. The molecule has 0 spiro atoms. The zero-order chi connectivity index (χ0) is 13.1. The summed E-state index contributed by atoms with van der Waals surface area (Å²) < 4.78 is 0. The molecule has 0 radical (unpaired) electrons. The first kappa shape index (κ1) is 12.6. The van der Waals surface area contributed by atoms with Crippen molar-refractivity contribution < 1.29 is 9.90 Å². The van der Waals surface area contributed by atoms with E-state index in [2.05, 4.69) is 9.98 Å². The molecular formula is C12H6Cl2N2O2. The number of aliphatic imine (C=N–C) groups is 1. The van der Waals surface area contributed by atoms with E-state index in [1.54, 1.807) is 12.1 Å². The molecule has 1 heterocycles. The van der Waals surface area contributed by atoms with Gasteiger partial charge in [0.2, 0.25) is 6.08 Å². The van der Waals surface area contributed by atoms with Crippen molar-refractivity contribution in [3.8, 4) is 17.0 Å². The number of carbonyl (C=O) groups excluding carboxylic acids is 1. The maximum absolute atomic E-state index is 10.1. The van der Waals surface area contributed by atoms with Crippen LogP contribution in [0.5, 0.6) is 5.75 Å². The Morgan fingerprint density at radius 2 is 2.06 bits per heavy atom. The van der Waals surface area contributed by atoms with Crippen molar-refractivity contribution in [2.75, 3.05) is 0 Å². The Morgan fingerprint density at radius 3 is 2.67 bits per heavy atom. The second kappa shape index (κ2) is 5.19. The van der Waals surface area contributed by atoms with Crippen molar-refractivity contribution >= 4 is 35.0 Å². The molecule has 0 unspecified atom stereocenters. The number of benzene rings is 1. The summed E-state index contributed by atoms with van der Waals surface area (Å²) in [6.45, 7) is 0. The van der Waals surface area contributed by atoms with E-state index < -0.39 is 0 Å². The maximum Gasteiger partial charge on any atom is 0.240 e. The first-order valence-electron chi connectivity index (χ1n) is 4.84. The number of halogens is 2. The first-order valence-corrected chi connectivity index (χ1v) is 5.59. The summed E-state index contributed by atoms with van der Waals surface area (Å²) in [5.74, 6) is -0.149. The molecule has 90 valence electrons. The lowest BCUT2D eigenvalue weighted by molar-refractivity contribution is 0.477. The fourth-order valence-electron chi connectivity index (χ4n) is 1.44. The van der Waals surface area contributed by atoms with Crippen molar-refractivity contribution in [2.45, 2.75) is 0 Å². The summed E-state index contributed by atoms with van der Waals surface area (Å²) in [4.78, 5) is 17.6. The summed E-state index contributed by atoms with van der Waals surface area (Å²) in [6, 6.07) is 6.08. The van der Waals surface area contributed by atoms with Crippen LogP contribution in [0, 0.1) is 0 Å². The lowest BCUT2D eigenvalue weighted by Gasteiger charge is -2.05. The number of pyridine rings is 1. The second-order valence-corrected chi connectivity index (χ2v) is 4.23. The van der Waals surface area contributed by atoms with Crippen LogP contribution in [0.3, 0.4) is 0 Å². The average molecular weight is 281 g/mol. The van der Waals surface area contributed by atoms with Crippen LogP contribution in [0.15, 0.2) is 35.5 Å². The Kier molecular flexibility index (Phi) is 3.63. The van der Waals surface area contributed by atoms with Gasteiger partial charge in [0, 0.05) is 11.8 Å². The molecule has 1 N–H and O–H groups in total. The molecule has 0 bridgehead atoms. The average Bonchev–Trinajstić information content (AvgIpc) is 2.32. The zero-order valence-electron chi connectivity index (χ0n) is 8.89. The highest BCUT2D eigenvalue weighted by atomic mass is 35.5. The summed E-state index contributed by atoms with van der Waals surface area (Å²) >= 11 is 11.8. The summed E-state index contributed by atoms with van der Waals surface area (Å²) in [5, 5.41) is 10.5. The molecule has 0 atom stereocenters. The SMILES string of the molecule is O=C=Nc1ccc(-c2ncc(Cl)cc2Cl)cc1O. The highest BCUT2D eigenvalue weighted by Gasteiger charge is 2.09. The van der Waals surface area contributed by atoms with Gasteiger partial charge in [-0.1, -0.05) is 29.3 Å². The number of nitrogens with zero attached hydrogens (tertiary/aromatic N) is 2. The quantitative estimate of drug-likeness (QED) is 0.673. The molecule has 0 aliphatic heterocycles. The van der Waals surface area contributed by atoms with E-state index in [-0.39, 0.29) is 11.4 Å². The number of aromatic nitrogens is 1. The molecular weight excluding hydrogens is 275 g/mol. The Labute approximate surface area is 113 Å².